The number of halogens is 1. The van der Waals surface area contributed by atoms with Gasteiger partial charge in [-0.3, -0.25) is 14.5 Å². The number of hydrogen-bond acceptors (Lipinski definition) is 8. The number of rotatable bonds is 5. The number of Topliss-reactive ketones (excluding diaryl/α,β-unsaturated/α-hetero) is 1. The van der Waals surface area contributed by atoms with E-state index in [-0.39, 0.29) is 36.0 Å². The van der Waals surface area contributed by atoms with E-state index in [2.05, 4.69) is 20.8 Å². The van der Waals surface area contributed by atoms with Gasteiger partial charge in [-0.25, -0.2) is 0 Å². The van der Waals surface area contributed by atoms with E-state index in [9.17, 15) is 14.7 Å². The van der Waals surface area contributed by atoms with Gasteiger partial charge in [0.2, 0.25) is 5.78 Å². The Kier molecular flexibility index (Phi) is 6.82. The van der Waals surface area contributed by atoms with E-state index < -0.39 is 0 Å². The lowest BCUT2D eigenvalue weighted by molar-refractivity contribution is -0.149. The molecule has 0 radical (unpaired) electrons. The lowest BCUT2D eigenvalue weighted by atomic mass is 9.96. The van der Waals surface area contributed by atoms with Crippen LogP contribution in [-0.2, 0) is 27.4 Å². The molecular weight excluding hydrogens is 518 g/mol. The van der Waals surface area contributed by atoms with Gasteiger partial charge >= 0.3 is 5.97 Å². The Morgan fingerprint density at radius 3 is 2.83 bits per heavy atom. The summed E-state index contributed by atoms with van der Waals surface area (Å²) in [6.07, 6.45) is 3.05. The van der Waals surface area contributed by atoms with Crippen molar-refractivity contribution in [2.24, 2.45) is 5.92 Å². The van der Waals surface area contributed by atoms with Gasteiger partial charge in [-0.1, -0.05) is 15.9 Å². The van der Waals surface area contributed by atoms with Gasteiger partial charge in [0.25, 0.3) is 0 Å². The molecule has 2 aromatic rings. The summed E-state index contributed by atoms with van der Waals surface area (Å²) < 4.78 is 23.1. The number of esters is 1. The predicted octanol–water partition coefficient (Wildman–Crippen LogP) is 4.41. The number of allylic oxidation sites excluding steroid dienone is 1. The normalized spacial score (nSPS) is 19.1. The third-order valence-electron chi connectivity index (χ3n) is 6.50. The second-order valence-corrected chi connectivity index (χ2v) is 9.69. The van der Waals surface area contributed by atoms with Crippen molar-refractivity contribution in [1.29, 1.82) is 0 Å². The summed E-state index contributed by atoms with van der Waals surface area (Å²) in [5.74, 6) is 0.785. The summed E-state index contributed by atoms with van der Waals surface area (Å²) in [4.78, 5) is 27.4. The molecule has 5 rings (SSSR count). The molecule has 0 unspecified atom stereocenters. The molecule has 0 amide bonds. The van der Waals surface area contributed by atoms with Crippen molar-refractivity contribution in [3.05, 3.63) is 56.8 Å². The summed E-state index contributed by atoms with van der Waals surface area (Å²) in [6.45, 7) is 4.54. The van der Waals surface area contributed by atoms with Crippen LogP contribution in [-0.4, -0.2) is 48.2 Å². The number of ether oxygens (including phenoxy) is 4. The van der Waals surface area contributed by atoms with Crippen LogP contribution >= 0.6 is 15.9 Å². The van der Waals surface area contributed by atoms with E-state index in [1.807, 2.05) is 19.1 Å². The van der Waals surface area contributed by atoms with Crippen LogP contribution in [0.4, 0.5) is 0 Å². The van der Waals surface area contributed by atoms with Crippen molar-refractivity contribution in [2.45, 2.75) is 32.9 Å². The zero-order valence-electron chi connectivity index (χ0n) is 19.3. The van der Waals surface area contributed by atoms with Crippen molar-refractivity contribution in [2.75, 3.05) is 26.5 Å². The van der Waals surface area contributed by atoms with Gasteiger partial charge in [0.05, 0.1) is 30.3 Å². The summed E-state index contributed by atoms with van der Waals surface area (Å²) >= 11 is 3.50. The third kappa shape index (κ3) is 4.80. The van der Waals surface area contributed by atoms with Crippen LogP contribution < -0.4 is 9.47 Å². The van der Waals surface area contributed by atoms with Crippen LogP contribution in [0.3, 0.4) is 0 Å². The molecule has 0 spiro atoms. The number of nitrogens with zero attached hydrogens (tertiary/aromatic N) is 1. The molecule has 184 valence electrons. The number of phenols is 1. The highest BCUT2D eigenvalue weighted by Crippen LogP contribution is 2.42. The predicted molar refractivity (Wildman–Crippen MR) is 130 cm³/mol. The fraction of sp³-hybridized carbons (Fsp3) is 0.385. The first kappa shape index (κ1) is 23.8. The highest BCUT2D eigenvalue weighted by molar-refractivity contribution is 9.10. The number of aromatic hydroxyl groups is 1. The van der Waals surface area contributed by atoms with Crippen LogP contribution in [0.25, 0.3) is 6.08 Å². The number of piperidine rings is 1. The van der Waals surface area contributed by atoms with Gasteiger partial charge in [0, 0.05) is 22.1 Å². The highest BCUT2D eigenvalue weighted by atomic mass is 79.9. The van der Waals surface area contributed by atoms with Crippen molar-refractivity contribution in [1.82, 2.24) is 4.90 Å². The van der Waals surface area contributed by atoms with Crippen LogP contribution in [0.15, 0.2) is 34.5 Å². The van der Waals surface area contributed by atoms with Crippen LogP contribution in [0, 0.1) is 5.92 Å². The topological polar surface area (TPSA) is 94.5 Å². The Labute approximate surface area is 211 Å². The molecule has 8 nitrogen and oxygen atoms in total. The fourth-order valence-corrected chi connectivity index (χ4v) is 5.24. The molecular formula is C26H26BrNO7. The highest BCUT2D eigenvalue weighted by Gasteiger charge is 2.33. The quantitative estimate of drug-likeness (QED) is 0.437. The van der Waals surface area contributed by atoms with E-state index >= 15 is 0 Å². The Morgan fingerprint density at radius 1 is 1.26 bits per heavy atom. The maximum atomic E-state index is 13.2. The van der Waals surface area contributed by atoms with E-state index in [0.29, 0.717) is 73.9 Å². The minimum atomic E-state index is -0.247. The van der Waals surface area contributed by atoms with Gasteiger partial charge in [-0.05, 0) is 63.2 Å². The molecule has 1 fully saturated rings. The van der Waals surface area contributed by atoms with Crippen molar-refractivity contribution >= 4 is 33.8 Å². The van der Waals surface area contributed by atoms with E-state index in [4.69, 9.17) is 18.9 Å². The molecule has 35 heavy (non-hydrogen) atoms. The standard InChI is InChI=1S/C26H26BrNO7/c1-2-33-26(31)15-5-7-28(8-6-15)12-20-21(29)4-3-19-23(30)22(35-25(19)20)11-16-9-18(27)10-17-13-32-14-34-24(16)17/h3-4,9-11,15,29H,2,5-8,12-14H2,1H3/b22-11+. The SMILES string of the molecule is CCOC(=O)C1CCN(Cc2c(O)ccc3c2O/C(=C/c2cc(Br)cc4c2OCOC4)C3=O)CC1. The number of carbonyl (C=O) groups excluding carboxylic acids is 2. The van der Waals surface area contributed by atoms with E-state index in [0.717, 1.165) is 10.0 Å². The van der Waals surface area contributed by atoms with Crippen LogP contribution in [0.5, 0.6) is 17.2 Å². The summed E-state index contributed by atoms with van der Waals surface area (Å²) in [7, 11) is 0. The molecule has 0 atom stereocenters. The molecule has 0 aliphatic carbocycles. The summed E-state index contributed by atoms with van der Waals surface area (Å²) in [5, 5.41) is 10.6. The maximum Gasteiger partial charge on any atom is 0.309 e. The van der Waals surface area contributed by atoms with Gasteiger partial charge in [-0.15, -0.1) is 0 Å². The molecule has 0 saturated carbocycles. The van der Waals surface area contributed by atoms with Gasteiger partial charge < -0.3 is 24.1 Å². The smallest absolute Gasteiger partial charge is 0.309 e. The molecule has 3 aliphatic rings. The Morgan fingerprint density at radius 2 is 2.06 bits per heavy atom. The minimum absolute atomic E-state index is 0.0747. The Hall–Kier alpha value is -2.88. The first-order chi connectivity index (χ1) is 16.9. The molecule has 3 heterocycles. The largest absolute Gasteiger partial charge is 0.507 e. The zero-order chi connectivity index (χ0) is 24.5. The van der Waals surface area contributed by atoms with Crippen molar-refractivity contribution in [3.8, 4) is 17.2 Å². The first-order valence-corrected chi connectivity index (χ1v) is 12.4. The molecule has 2 aromatic carbocycles. The van der Waals surface area contributed by atoms with Crippen LogP contribution in [0.2, 0.25) is 0 Å². The maximum absolute atomic E-state index is 13.2. The Balaban J connectivity index is 1.37. The number of hydrogen-bond donors (Lipinski definition) is 1. The number of likely N-dealkylation sites (tertiary alicyclic amines) is 1. The number of carbonyl (C=O) groups is 2. The zero-order valence-corrected chi connectivity index (χ0v) is 20.9. The fourth-order valence-electron chi connectivity index (χ4n) is 4.72. The minimum Gasteiger partial charge on any atom is -0.507 e. The monoisotopic (exact) mass is 543 g/mol. The van der Waals surface area contributed by atoms with Crippen molar-refractivity contribution in [3.63, 3.8) is 0 Å². The van der Waals surface area contributed by atoms with E-state index in [1.165, 1.54) is 6.07 Å². The molecule has 3 aliphatic heterocycles. The Bertz CT molecular complexity index is 1200. The molecule has 1 saturated heterocycles. The lowest BCUT2D eigenvalue weighted by Gasteiger charge is -2.31. The first-order valence-electron chi connectivity index (χ1n) is 11.7. The second kappa shape index (κ2) is 10.0. The summed E-state index contributed by atoms with van der Waals surface area (Å²) in [5.41, 5.74) is 2.57. The molecule has 1 N–H and O–H groups in total. The van der Waals surface area contributed by atoms with E-state index in [1.54, 1.807) is 12.1 Å². The average Bonchev–Trinajstić information content (AvgIpc) is 3.16. The third-order valence-corrected chi connectivity index (χ3v) is 6.95. The number of fused-ring (bicyclic) bond motifs is 2. The van der Waals surface area contributed by atoms with Gasteiger partial charge in [0.15, 0.2) is 12.6 Å². The molecule has 0 bridgehead atoms. The van der Waals surface area contributed by atoms with Crippen LogP contribution in [0.1, 0.15) is 46.8 Å². The number of ketones is 1. The van der Waals surface area contributed by atoms with Crippen molar-refractivity contribution < 1.29 is 33.6 Å². The number of benzene rings is 2. The second-order valence-electron chi connectivity index (χ2n) is 8.78. The average molecular weight is 544 g/mol. The lowest BCUT2D eigenvalue weighted by Crippen LogP contribution is -2.36. The molecule has 9 heteroatoms. The van der Waals surface area contributed by atoms with Gasteiger partial charge in [-0.2, -0.15) is 0 Å². The summed E-state index contributed by atoms with van der Waals surface area (Å²) in [6, 6.07) is 6.91. The van der Waals surface area contributed by atoms with Gasteiger partial charge in [0.1, 0.15) is 17.2 Å². The number of phenolic OH excluding ortho intramolecular Hbond substituents is 1. The molecule has 0 aromatic heterocycles.